The van der Waals surface area contributed by atoms with Crippen molar-refractivity contribution < 1.29 is 9.84 Å². The topological polar surface area (TPSA) is 32.7 Å². The van der Waals surface area contributed by atoms with Gasteiger partial charge in [-0.1, -0.05) is 18.6 Å². The molecule has 0 amide bonds. The number of aliphatic hydroxyl groups is 1. The van der Waals surface area contributed by atoms with Crippen molar-refractivity contribution in [3.63, 3.8) is 0 Å². The second-order valence-electron chi connectivity index (χ2n) is 5.00. The third-order valence-corrected chi connectivity index (χ3v) is 3.49. The van der Waals surface area contributed by atoms with E-state index in [0.717, 1.165) is 24.5 Å². The van der Waals surface area contributed by atoms with Crippen LogP contribution in [-0.4, -0.2) is 36.2 Å². The number of aliphatic hydroxyl groups excluding tert-OH is 1. The van der Waals surface area contributed by atoms with E-state index in [2.05, 4.69) is 4.90 Å². The Bertz CT molecular complexity index is 342. The fraction of sp³-hybridized carbons (Fsp3) is 0.600. The van der Waals surface area contributed by atoms with E-state index < -0.39 is 6.10 Å². The van der Waals surface area contributed by atoms with Crippen LogP contribution in [0.3, 0.4) is 0 Å². The molecule has 3 nitrogen and oxygen atoms in total. The Kier molecular flexibility index (Phi) is 5.02. The maximum Gasteiger partial charge on any atom is 0.119 e. The number of benzene rings is 1. The zero-order valence-electron chi connectivity index (χ0n) is 11.1. The fourth-order valence-corrected chi connectivity index (χ4v) is 2.32. The highest BCUT2D eigenvalue weighted by Gasteiger charge is 2.09. The normalized spacial score (nSPS) is 18.6. The monoisotopic (exact) mass is 249 g/mol. The van der Waals surface area contributed by atoms with Gasteiger partial charge in [0.25, 0.3) is 0 Å². The second kappa shape index (κ2) is 6.76. The number of hydrogen-bond donors (Lipinski definition) is 1. The Labute approximate surface area is 109 Å². The molecule has 1 atom stereocenters. The van der Waals surface area contributed by atoms with Crippen LogP contribution in [0.25, 0.3) is 0 Å². The lowest BCUT2D eigenvalue weighted by Crippen LogP contribution is -2.33. The third-order valence-electron chi connectivity index (χ3n) is 3.49. The Morgan fingerprint density at radius 2 is 1.83 bits per heavy atom. The van der Waals surface area contributed by atoms with Crippen LogP contribution < -0.4 is 4.74 Å². The molecule has 2 rings (SSSR count). The Balaban J connectivity index is 1.72. The highest BCUT2D eigenvalue weighted by atomic mass is 16.5. The Morgan fingerprint density at radius 1 is 1.17 bits per heavy atom. The molecule has 0 spiro atoms. The summed E-state index contributed by atoms with van der Waals surface area (Å²) >= 11 is 0. The Hall–Kier alpha value is -1.06. The van der Waals surface area contributed by atoms with Crippen LogP contribution in [0.5, 0.6) is 5.75 Å². The first kappa shape index (κ1) is 13.4. The highest BCUT2D eigenvalue weighted by Crippen LogP contribution is 2.17. The van der Waals surface area contributed by atoms with Crippen LogP contribution in [0, 0.1) is 0 Å². The minimum absolute atomic E-state index is 0.410. The van der Waals surface area contributed by atoms with Gasteiger partial charge < -0.3 is 9.84 Å². The summed E-state index contributed by atoms with van der Waals surface area (Å²) in [6.45, 7) is 5.95. The molecule has 1 saturated heterocycles. The molecule has 3 heteroatoms. The molecule has 1 aliphatic rings. The molecule has 1 unspecified atom stereocenters. The molecule has 1 aliphatic heterocycles. The van der Waals surface area contributed by atoms with Crippen LogP contribution in [0.15, 0.2) is 24.3 Å². The maximum absolute atomic E-state index is 9.41. The van der Waals surface area contributed by atoms with Crippen LogP contribution in [0.1, 0.15) is 37.9 Å². The van der Waals surface area contributed by atoms with Crippen molar-refractivity contribution in [1.29, 1.82) is 0 Å². The van der Waals surface area contributed by atoms with Gasteiger partial charge in [0.05, 0.1) is 6.10 Å². The molecule has 18 heavy (non-hydrogen) atoms. The first-order valence-corrected chi connectivity index (χ1v) is 6.89. The van der Waals surface area contributed by atoms with Crippen molar-refractivity contribution in [2.45, 2.75) is 32.3 Å². The highest BCUT2D eigenvalue weighted by molar-refractivity contribution is 5.28. The molecule has 1 heterocycles. The van der Waals surface area contributed by atoms with Crippen LogP contribution in [0.4, 0.5) is 0 Å². The van der Waals surface area contributed by atoms with E-state index in [9.17, 15) is 5.11 Å². The van der Waals surface area contributed by atoms with E-state index in [1.807, 2.05) is 24.3 Å². The number of ether oxygens (including phenoxy) is 1. The van der Waals surface area contributed by atoms with Gasteiger partial charge in [-0.05, 0) is 50.6 Å². The van der Waals surface area contributed by atoms with E-state index in [-0.39, 0.29) is 0 Å². The maximum atomic E-state index is 9.41. The second-order valence-corrected chi connectivity index (χ2v) is 5.00. The van der Waals surface area contributed by atoms with E-state index in [1.165, 1.54) is 32.4 Å². The number of nitrogens with zero attached hydrogens (tertiary/aromatic N) is 1. The minimum atomic E-state index is -0.410. The van der Waals surface area contributed by atoms with Gasteiger partial charge >= 0.3 is 0 Å². The number of rotatable bonds is 5. The lowest BCUT2D eigenvalue weighted by atomic mass is 10.1. The summed E-state index contributed by atoms with van der Waals surface area (Å²) in [4.78, 5) is 2.47. The lowest BCUT2D eigenvalue weighted by molar-refractivity contribution is 0.183. The van der Waals surface area contributed by atoms with Crippen molar-refractivity contribution in [2.24, 2.45) is 0 Å². The summed E-state index contributed by atoms with van der Waals surface area (Å²) in [5, 5.41) is 9.41. The molecule has 0 saturated carbocycles. The zero-order chi connectivity index (χ0) is 12.8. The number of likely N-dealkylation sites (tertiary alicyclic amines) is 1. The predicted molar refractivity (Wildman–Crippen MR) is 72.9 cm³/mol. The molecule has 0 aromatic heterocycles. The van der Waals surface area contributed by atoms with Gasteiger partial charge in [0.1, 0.15) is 12.4 Å². The minimum Gasteiger partial charge on any atom is -0.492 e. The van der Waals surface area contributed by atoms with Gasteiger partial charge in [0.2, 0.25) is 0 Å². The standard InChI is InChI=1S/C15H23NO2/c1-13(17)14-5-7-15(8-6-14)18-12-11-16-9-3-2-4-10-16/h5-8,13,17H,2-4,9-12H2,1H3. The van der Waals surface area contributed by atoms with Gasteiger partial charge in [-0.2, -0.15) is 0 Å². The first-order valence-electron chi connectivity index (χ1n) is 6.89. The van der Waals surface area contributed by atoms with Crippen molar-refractivity contribution in [3.05, 3.63) is 29.8 Å². The average molecular weight is 249 g/mol. The van der Waals surface area contributed by atoms with E-state index in [4.69, 9.17) is 4.74 Å². The van der Waals surface area contributed by atoms with Gasteiger partial charge in [0.15, 0.2) is 0 Å². The number of hydrogen-bond acceptors (Lipinski definition) is 3. The van der Waals surface area contributed by atoms with Crippen LogP contribution >= 0.6 is 0 Å². The predicted octanol–water partition coefficient (Wildman–Crippen LogP) is 2.60. The molecule has 1 N–H and O–H groups in total. The fourth-order valence-electron chi connectivity index (χ4n) is 2.32. The van der Waals surface area contributed by atoms with Crippen LogP contribution in [-0.2, 0) is 0 Å². The lowest BCUT2D eigenvalue weighted by Gasteiger charge is -2.26. The summed E-state index contributed by atoms with van der Waals surface area (Å²) in [7, 11) is 0. The molecule has 100 valence electrons. The largest absolute Gasteiger partial charge is 0.492 e. The molecule has 1 fully saturated rings. The van der Waals surface area contributed by atoms with E-state index in [1.54, 1.807) is 6.92 Å². The summed E-state index contributed by atoms with van der Waals surface area (Å²) in [6.07, 6.45) is 3.61. The summed E-state index contributed by atoms with van der Waals surface area (Å²) in [6, 6.07) is 7.69. The molecular weight excluding hydrogens is 226 g/mol. The molecule has 0 aliphatic carbocycles. The molecule has 1 aromatic rings. The van der Waals surface area contributed by atoms with E-state index >= 15 is 0 Å². The molecule has 1 aromatic carbocycles. The van der Waals surface area contributed by atoms with Crippen LogP contribution in [0.2, 0.25) is 0 Å². The molecular formula is C15H23NO2. The summed E-state index contributed by atoms with van der Waals surface area (Å²) < 4.78 is 5.72. The van der Waals surface area contributed by atoms with Crippen molar-refractivity contribution in [3.8, 4) is 5.75 Å². The Morgan fingerprint density at radius 3 is 2.44 bits per heavy atom. The van der Waals surface area contributed by atoms with Gasteiger partial charge in [-0.3, -0.25) is 4.90 Å². The third kappa shape index (κ3) is 4.00. The summed E-state index contributed by atoms with van der Waals surface area (Å²) in [5.74, 6) is 0.886. The summed E-state index contributed by atoms with van der Waals surface area (Å²) in [5.41, 5.74) is 0.929. The molecule has 0 radical (unpaired) electrons. The number of piperidine rings is 1. The van der Waals surface area contributed by atoms with Crippen molar-refractivity contribution in [1.82, 2.24) is 4.90 Å². The van der Waals surface area contributed by atoms with Gasteiger partial charge in [-0.15, -0.1) is 0 Å². The van der Waals surface area contributed by atoms with E-state index in [0.29, 0.717) is 0 Å². The SMILES string of the molecule is CC(O)c1ccc(OCCN2CCCCC2)cc1. The first-order chi connectivity index (χ1) is 8.75. The van der Waals surface area contributed by atoms with Gasteiger partial charge in [0, 0.05) is 6.54 Å². The smallest absolute Gasteiger partial charge is 0.119 e. The van der Waals surface area contributed by atoms with Crippen molar-refractivity contribution in [2.75, 3.05) is 26.2 Å². The molecule has 0 bridgehead atoms. The van der Waals surface area contributed by atoms with Crippen molar-refractivity contribution >= 4 is 0 Å². The van der Waals surface area contributed by atoms with Gasteiger partial charge in [-0.25, -0.2) is 0 Å². The quantitative estimate of drug-likeness (QED) is 0.870. The zero-order valence-corrected chi connectivity index (χ0v) is 11.1. The average Bonchev–Trinajstić information content (AvgIpc) is 2.40.